The molecule has 0 saturated carbocycles. The van der Waals surface area contributed by atoms with Crippen LogP contribution in [0.25, 0.3) is 0 Å². The van der Waals surface area contributed by atoms with Crippen LogP contribution in [0.2, 0.25) is 0 Å². The van der Waals surface area contributed by atoms with Gasteiger partial charge in [-0.3, -0.25) is 25.0 Å². The number of aryl methyl sites for hydroxylation is 1. The zero-order valence-electron chi connectivity index (χ0n) is 15.8. The number of nitro benzene ring substituents is 2. The van der Waals surface area contributed by atoms with Gasteiger partial charge in [0.2, 0.25) is 0 Å². The first kappa shape index (κ1) is 20.1. The number of piperazine rings is 1. The minimum Gasteiger partial charge on any atom is -0.484 e. The maximum atomic E-state index is 12.4. The Bertz CT molecular complexity index is 923. The minimum absolute atomic E-state index is 0.00559. The number of rotatable bonds is 6. The van der Waals surface area contributed by atoms with Crippen LogP contribution in [-0.4, -0.2) is 53.4 Å². The maximum Gasteiger partial charge on any atom is 0.272 e. The molecule has 1 aliphatic rings. The molecule has 0 spiro atoms. The number of carbonyl (C=O) groups excluding carboxylic acids is 1. The second kappa shape index (κ2) is 8.55. The number of non-ortho nitro benzene ring substituents is 1. The molecule has 1 fully saturated rings. The molecule has 2 aromatic carbocycles. The summed E-state index contributed by atoms with van der Waals surface area (Å²) in [5, 5.41) is 21.6. The Balaban J connectivity index is 1.50. The molecule has 3 rings (SSSR count). The lowest BCUT2D eigenvalue weighted by molar-refractivity contribution is -0.385. The summed E-state index contributed by atoms with van der Waals surface area (Å²) in [6.45, 7) is 3.72. The average molecular weight is 400 g/mol. The van der Waals surface area contributed by atoms with Crippen molar-refractivity contribution in [3.63, 3.8) is 0 Å². The van der Waals surface area contributed by atoms with E-state index in [9.17, 15) is 25.0 Å². The van der Waals surface area contributed by atoms with Crippen molar-refractivity contribution in [2.45, 2.75) is 6.92 Å². The number of benzene rings is 2. The zero-order chi connectivity index (χ0) is 21.0. The van der Waals surface area contributed by atoms with Crippen molar-refractivity contribution in [3.05, 3.63) is 68.3 Å². The molecule has 152 valence electrons. The molecule has 0 atom stereocenters. The molecule has 1 aliphatic heterocycles. The van der Waals surface area contributed by atoms with E-state index < -0.39 is 9.85 Å². The third-order valence-corrected chi connectivity index (χ3v) is 4.79. The van der Waals surface area contributed by atoms with Gasteiger partial charge in [-0.2, -0.15) is 0 Å². The van der Waals surface area contributed by atoms with Crippen molar-refractivity contribution in [2.24, 2.45) is 0 Å². The molecule has 2 aromatic rings. The standard InChI is InChI=1S/C19H20N4O6/c1-14-12-17(6-7-18(14)23(27)28)29-13-19(24)21-10-8-20(9-11-21)15-2-4-16(5-3-15)22(25)26/h2-7,12H,8-11,13H2,1H3. The van der Waals surface area contributed by atoms with Crippen molar-refractivity contribution in [1.29, 1.82) is 0 Å². The van der Waals surface area contributed by atoms with E-state index in [2.05, 4.69) is 4.90 Å². The highest BCUT2D eigenvalue weighted by Crippen LogP contribution is 2.23. The lowest BCUT2D eigenvalue weighted by atomic mass is 10.2. The van der Waals surface area contributed by atoms with Crippen molar-refractivity contribution >= 4 is 23.0 Å². The quantitative estimate of drug-likeness (QED) is 0.540. The summed E-state index contributed by atoms with van der Waals surface area (Å²) in [7, 11) is 0. The van der Waals surface area contributed by atoms with Crippen LogP contribution in [0.4, 0.5) is 17.1 Å². The average Bonchev–Trinajstić information content (AvgIpc) is 2.72. The van der Waals surface area contributed by atoms with Gasteiger partial charge in [-0.1, -0.05) is 0 Å². The summed E-state index contributed by atoms with van der Waals surface area (Å²) in [6, 6.07) is 10.7. The van der Waals surface area contributed by atoms with Crippen molar-refractivity contribution in [1.82, 2.24) is 4.90 Å². The first-order chi connectivity index (χ1) is 13.8. The van der Waals surface area contributed by atoms with Crippen LogP contribution in [0.3, 0.4) is 0 Å². The monoisotopic (exact) mass is 400 g/mol. The van der Waals surface area contributed by atoms with Crippen LogP contribution in [0.15, 0.2) is 42.5 Å². The van der Waals surface area contributed by atoms with Crippen LogP contribution in [0.1, 0.15) is 5.56 Å². The number of nitrogens with zero attached hydrogens (tertiary/aromatic N) is 4. The second-order valence-corrected chi connectivity index (χ2v) is 6.64. The molecule has 0 aliphatic carbocycles. The van der Waals surface area contributed by atoms with Crippen LogP contribution in [-0.2, 0) is 4.79 Å². The first-order valence-corrected chi connectivity index (χ1v) is 9.00. The molecule has 0 unspecified atom stereocenters. The van der Waals surface area contributed by atoms with Gasteiger partial charge in [-0.15, -0.1) is 0 Å². The van der Waals surface area contributed by atoms with Crippen molar-refractivity contribution < 1.29 is 19.4 Å². The summed E-state index contributed by atoms with van der Waals surface area (Å²) in [6.07, 6.45) is 0. The number of hydrogen-bond acceptors (Lipinski definition) is 7. The lowest BCUT2D eigenvalue weighted by Gasteiger charge is -2.36. The predicted molar refractivity (Wildman–Crippen MR) is 105 cm³/mol. The minimum atomic E-state index is -0.464. The fraction of sp³-hybridized carbons (Fsp3) is 0.316. The van der Waals surface area contributed by atoms with Gasteiger partial charge in [-0.05, 0) is 31.2 Å². The van der Waals surface area contributed by atoms with E-state index in [1.54, 1.807) is 24.0 Å². The van der Waals surface area contributed by atoms with E-state index in [0.29, 0.717) is 37.5 Å². The number of amides is 1. The van der Waals surface area contributed by atoms with E-state index in [1.807, 2.05) is 0 Å². The SMILES string of the molecule is Cc1cc(OCC(=O)N2CCN(c3ccc([N+](=O)[O-])cc3)CC2)ccc1[N+](=O)[O-]. The second-order valence-electron chi connectivity index (χ2n) is 6.64. The fourth-order valence-electron chi connectivity index (χ4n) is 3.16. The molecule has 1 saturated heterocycles. The number of ether oxygens (including phenoxy) is 1. The maximum absolute atomic E-state index is 12.4. The molecule has 0 N–H and O–H groups in total. The van der Waals surface area contributed by atoms with Crippen LogP contribution in [0.5, 0.6) is 5.75 Å². The predicted octanol–water partition coefficient (Wildman–Crippen LogP) is 2.54. The van der Waals surface area contributed by atoms with Crippen LogP contribution >= 0.6 is 0 Å². The Kier molecular flexibility index (Phi) is 5.91. The molecule has 1 amide bonds. The topological polar surface area (TPSA) is 119 Å². The number of nitro groups is 2. The molecular formula is C19H20N4O6. The van der Waals surface area contributed by atoms with Crippen molar-refractivity contribution in [2.75, 3.05) is 37.7 Å². The third-order valence-electron chi connectivity index (χ3n) is 4.79. The third kappa shape index (κ3) is 4.78. The lowest BCUT2D eigenvalue weighted by Crippen LogP contribution is -2.50. The molecule has 0 radical (unpaired) electrons. The first-order valence-electron chi connectivity index (χ1n) is 9.00. The molecule has 10 nitrogen and oxygen atoms in total. The fourth-order valence-corrected chi connectivity index (χ4v) is 3.16. The largest absolute Gasteiger partial charge is 0.484 e. The highest BCUT2D eigenvalue weighted by molar-refractivity contribution is 5.78. The Morgan fingerprint density at radius 1 is 1.00 bits per heavy atom. The van der Waals surface area contributed by atoms with E-state index in [-0.39, 0.29) is 23.9 Å². The van der Waals surface area contributed by atoms with Crippen LogP contribution in [0, 0.1) is 27.2 Å². The zero-order valence-corrected chi connectivity index (χ0v) is 15.8. The number of hydrogen-bond donors (Lipinski definition) is 0. The normalized spacial score (nSPS) is 13.8. The summed E-state index contributed by atoms with van der Waals surface area (Å²) in [5.41, 5.74) is 1.39. The Morgan fingerprint density at radius 2 is 1.66 bits per heavy atom. The number of anilines is 1. The Labute approximate surface area is 166 Å². The molecular weight excluding hydrogens is 380 g/mol. The van der Waals surface area contributed by atoms with E-state index in [1.165, 1.54) is 30.3 Å². The highest BCUT2D eigenvalue weighted by Gasteiger charge is 2.22. The van der Waals surface area contributed by atoms with Crippen molar-refractivity contribution in [3.8, 4) is 5.75 Å². The molecule has 0 bridgehead atoms. The van der Waals surface area contributed by atoms with Gasteiger partial charge in [0.05, 0.1) is 9.85 Å². The summed E-state index contributed by atoms with van der Waals surface area (Å²) < 4.78 is 5.49. The number of carbonyl (C=O) groups is 1. The van der Waals surface area contributed by atoms with Gasteiger partial charge < -0.3 is 14.5 Å². The van der Waals surface area contributed by atoms with Gasteiger partial charge in [0.1, 0.15) is 5.75 Å². The van der Waals surface area contributed by atoms with Crippen LogP contribution < -0.4 is 9.64 Å². The summed E-state index contributed by atoms with van der Waals surface area (Å²) >= 11 is 0. The molecule has 10 heteroatoms. The van der Waals surface area contributed by atoms with Gasteiger partial charge in [0.25, 0.3) is 17.3 Å². The molecule has 29 heavy (non-hydrogen) atoms. The summed E-state index contributed by atoms with van der Waals surface area (Å²) in [4.78, 5) is 36.8. The Hall–Kier alpha value is -3.69. The molecule has 0 aromatic heterocycles. The summed E-state index contributed by atoms with van der Waals surface area (Å²) in [5.74, 6) is 0.246. The molecule has 1 heterocycles. The Morgan fingerprint density at radius 3 is 2.21 bits per heavy atom. The van der Waals surface area contributed by atoms with E-state index in [0.717, 1.165) is 5.69 Å². The van der Waals surface area contributed by atoms with E-state index >= 15 is 0 Å². The highest BCUT2D eigenvalue weighted by atomic mass is 16.6. The van der Waals surface area contributed by atoms with E-state index in [4.69, 9.17) is 4.74 Å². The van der Waals surface area contributed by atoms with Gasteiger partial charge in [0.15, 0.2) is 6.61 Å². The van der Waals surface area contributed by atoms with Gasteiger partial charge >= 0.3 is 0 Å². The smallest absolute Gasteiger partial charge is 0.272 e. The van der Waals surface area contributed by atoms with Gasteiger partial charge in [-0.25, -0.2) is 0 Å². The van der Waals surface area contributed by atoms with Gasteiger partial charge in [0, 0.05) is 55.6 Å².